The van der Waals surface area contributed by atoms with E-state index in [4.69, 9.17) is 27.7 Å². The van der Waals surface area contributed by atoms with Crippen LogP contribution >= 0.6 is 23.2 Å². The first-order chi connectivity index (χ1) is 16.5. The largest absolute Gasteiger partial charge is 0.477 e. The fourth-order valence-corrected chi connectivity index (χ4v) is 6.32. The van der Waals surface area contributed by atoms with Crippen LogP contribution in [0.4, 0.5) is 10.1 Å². The number of nitrogens with zero attached hydrogens (tertiary/aromatic N) is 3. The van der Waals surface area contributed by atoms with E-state index in [1.165, 1.54) is 18.2 Å². The number of para-hydroxylation sites is 1. The minimum atomic E-state index is -4.16. The maximum Gasteiger partial charge on any atom is 0.341 e. The molecule has 35 heavy (non-hydrogen) atoms. The molecule has 3 aromatic rings. The van der Waals surface area contributed by atoms with E-state index in [1.54, 1.807) is 0 Å². The summed E-state index contributed by atoms with van der Waals surface area (Å²) in [5.74, 6) is -2.59. The summed E-state index contributed by atoms with van der Waals surface area (Å²) in [5.41, 5.74) is -1.01. The number of nitro benzene ring substituents is 1. The average molecular weight is 544 g/mol. The molecule has 1 saturated heterocycles. The van der Waals surface area contributed by atoms with E-state index in [9.17, 15) is 32.8 Å². The van der Waals surface area contributed by atoms with Gasteiger partial charge in [0.05, 0.1) is 15.0 Å². The number of sulfonamides is 1. The van der Waals surface area contributed by atoms with Gasteiger partial charge in [-0.2, -0.15) is 4.31 Å². The summed E-state index contributed by atoms with van der Waals surface area (Å²) in [4.78, 5) is 22.2. The number of carbonyl (C=O) groups is 1. The number of halogens is 3. The van der Waals surface area contributed by atoms with E-state index in [0.29, 0.717) is 0 Å². The summed E-state index contributed by atoms with van der Waals surface area (Å²) in [6.07, 6.45) is 0.333. The topological polar surface area (TPSA) is 144 Å². The first-order valence-corrected chi connectivity index (χ1v) is 12.3. The number of piperidine rings is 1. The third kappa shape index (κ3) is 4.61. The SMILES string of the molecule is O=C(O)c1c(-c2c(Cl)cc(F)cc2Cl)noc1C1CCN(S(=O)(=O)c2ccccc2[N+](=O)[O-])CC1. The van der Waals surface area contributed by atoms with Gasteiger partial charge in [0, 0.05) is 30.6 Å². The standard InChI is InChI=1S/C21H16Cl2FN3O7S/c22-13-9-12(24)10-14(23)17(13)19-18(21(28)29)20(34-25-19)11-5-7-26(8-6-11)35(32,33)16-4-2-1-3-15(16)27(30)31/h1-4,9-11H,5-8H2,(H,28,29). The molecule has 1 aromatic heterocycles. The third-order valence-corrected chi connectivity index (χ3v) is 8.22. The monoisotopic (exact) mass is 543 g/mol. The number of benzene rings is 2. The molecular weight excluding hydrogens is 528 g/mol. The Balaban J connectivity index is 1.63. The van der Waals surface area contributed by atoms with Crippen molar-refractivity contribution in [2.45, 2.75) is 23.7 Å². The molecule has 1 fully saturated rings. The normalized spacial score (nSPS) is 15.3. The van der Waals surface area contributed by atoms with E-state index in [2.05, 4.69) is 5.16 Å². The summed E-state index contributed by atoms with van der Waals surface area (Å²) in [6.45, 7) is -0.0710. The summed E-state index contributed by atoms with van der Waals surface area (Å²) in [7, 11) is -4.16. The fourth-order valence-electron chi connectivity index (χ4n) is 4.05. The van der Waals surface area contributed by atoms with Crippen LogP contribution in [0.5, 0.6) is 0 Å². The van der Waals surface area contributed by atoms with Crippen molar-refractivity contribution >= 4 is 44.9 Å². The minimum Gasteiger partial charge on any atom is -0.477 e. The van der Waals surface area contributed by atoms with E-state index >= 15 is 0 Å². The lowest BCUT2D eigenvalue weighted by molar-refractivity contribution is -0.387. The Kier molecular flexibility index (Phi) is 6.82. The molecule has 0 aliphatic carbocycles. The van der Waals surface area contributed by atoms with Crippen LogP contribution in [-0.2, 0) is 10.0 Å². The van der Waals surface area contributed by atoms with Gasteiger partial charge >= 0.3 is 5.97 Å². The van der Waals surface area contributed by atoms with Crippen molar-refractivity contribution in [2.75, 3.05) is 13.1 Å². The van der Waals surface area contributed by atoms with Crippen LogP contribution in [-0.4, -0.2) is 47.0 Å². The minimum absolute atomic E-state index is 0.00136. The highest BCUT2D eigenvalue weighted by molar-refractivity contribution is 7.89. The molecule has 0 radical (unpaired) electrons. The molecule has 14 heteroatoms. The molecule has 0 atom stereocenters. The lowest BCUT2D eigenvalue weighted by Crippen LogP contribution is -2.38. The second-order valence-corrected chi connectivity index (χ2v) is 10.4. The summed E-state index contributed by atoms with van der Waals surface area (Å²) < 4.78 is 46.1. The van der Waals surface area contributed by atoms with Gasteiger partial charge < -0.3 is 9.63 Å². The van der Waals surface area contributed by atoms with Crippen LogP contribution < -0.4 is 0 Å². The highest BCUT2D eigenvalue weighted by atomic mass is 35.5. The molecule has 1 N–H and O–H groups in total. The molecule has 184 valence electrons. The first-order valence-electron chi connectivity index (χ1n) is 10.1. The number of aromatic nitrogens is 1. The molecular formula is C21H16Cl2FN3O7S. The lowest BCUT2D eigenvalue weighted by Gasteiger charge is -2.30. The lowest BCUT2D eigenvalue weighted by atomic mass is 9.91. The van der Waals surface area contributed by atoms with Gasteiger partial charge in [-0.15, -0.1) is 0 Å². The van der Waals surface area contributed by atoms with Gasteiger partial charge in [0.1, 0.15) is 17.1 Å². The van der Waals surface area contributed by atoms with Crippen LogP contribution in [0.1, 0.15) is 34.9 Å². The molecule has 1 aliphatic heterocycles. The zero-order valence-corrected chi connectivity index (χ0v) is 20.0. The molecule has 0 amide bonds. The summed E-state index contributed by atoms with van der Waals surface area (Å²) in [6, 6.07) is 6.98. The molecule has 2 heterocycles. The number of aromatic carboxylic acids is 1. The van der Waals surface area contributed by atoms with Crippen LogP contribution in [0.15, 0.2) is 45.8 Å². The molecule has 0 saturated carbocycles. The molecule has 2 aromatic carbocycles. The van der Waals surface area contributed by atoms with Crippen LogP contribution in [0.25, 0.3) is 11.3 Å². The molecule has 0 spiro atoms. The van der Waals surface area contributed by atoms with Crippen molar-refractivity contribution in [3.8, 4) is 11.3 Å². The van der Waals surface area contributed by atoms with Crippen molar-refractivity contribution in [2.24, 2.45) is 0 Å². The van der Waals surface area contributed by atoms with Crippen LogP contribution in [0, 0.1) is 15.9 Å². The highest BCUT2D eigenvalue weighted by Crippen LogP contribution is 2.41. The quantitative estimate of drug-likeness (QED) is 0.339. The Bertz CT molecular complexity index is 1410. The Hall–Kier alpha value is -3.06. The number of hydrogen-bond donors (Lipinski definition) is 1. The van der Waals surface area contributed by atoms with Crippen molar-refractivity contribution < 1.29 is 32.2 Å². The molecule has 0 unspecified atom stereocenters. The average Bonchev–Trinajstić information content (AvgIpc) is 3.23. The zero-order chi connectivity index (χ0) is 25.5. The second-order valence-electron chi connectivity index (χ2n) is 7.72. The first kappa shape index (κ1) is 25.0. The van der Waals surface area contributed by atoms with E-state index in [1.807, 2.05) is 0 Å². The smallest absolute Gasteiger partial charge is 0.341 e. The van der Waals surface area contributed by atoms with Crippen molar-refractivity contribution in [1.82, 2.24) is 9.46 Å². The van der Waals surface area contributed by atoms with Gasteiger partial charge in [0.2, 0.25) is 10.0 Å². The predicted molar refractivity (Wildman–Crippen MR) is 123 cm³/mol. The van der Waals surface area contributed by atoms with Gasteiger partial charge in [0.15, 0.2) is 10.7 Å². The Labute approximate surface area is 208 Å². The number of carboxylic acids is 1. The van der Waals surface area contributed by atoms with E-state index in [-0.39, 0.29) is 58.6 Å². The van der Waals surface area contributed by atoms with Gasteiger partial charge in [0.25, 0.3) is 5.69 Å². The number of hydrogen-bond acceptors (Lipinski definition) is 7. The van der Waals surface area contributed by atoms with Gasteiger partial charge in [-0.1, -0.05) is 40.5 Å². The Morgan fingerprint density at radius 2 is 1.80 bits per heavy atom. The predicted octanol–water partition coefficient (Wildman–Crippen LogP) is 4.96. The van der Waals surface area contributed by atoms with Gasteiger partial charge in [-0.05, 0) is 31.0 Å². The maximum atomic E-state index is 13.6. The highest BCUT2D eigenvalue weighted by Gasteiger charge is 2.38. The zero-order valence-electron chi connectivity index (χ0n) is 17.7. The molecule has 4 rings (SSSR count). The van der Waals surface area contributed by atoms with Crippen LogP contribution in [0.2, 0.25) is 10.0 Å². The second kappa shape index (κ2) is 9.53. The maximum absolute atomic E-state index is 13.6. The van der Waals surface area contributed by atoms with Crippen molar-refractivity contribution in [1.29, 1.82) is 0 Å². The number of carboxylic acid groups (broad SMARTS) is 1. The van der Waals surface area contributed by atoms with Crippen molar-refractivity contribution in [3.05, 3.63) is 73.7 Å². The van der Waals surface area contributed by atoms with Gasteiger partial charge in [-0.3, -0.25) is 10.1 Å². The fraction of sp³-hybridized carbons (Fsp3) is 0.238. The molecule has 0 bridgehead atoms. The van der Waals surface area contributed by atoms with Crippen molar-refractivity contribution in [3.63, 3.8) is 0 Å². The van der Waals surface area contributed by atoms with E-state index in [0.717, 1.165) is 22.5 Å². The Morgan fingerprint density at radius 1 is 1.20 bits per heavy atom. The van der Waals surface area contributed by atoms with Crippen LogP contribution in [0.3, 0.4) is 0 Å². The van der Waals surface area contributed by atoms with Gasteiger partial charge in [-0.25, -0.2) is 17.6 Å². The summed E-state index contributed by atoms with van der Waals surface area (Å²) in [5, 5.41) is 24.7. The third-order valence-electron chi connectivity index (χ3n) is 5.68. The summed E-state index contributed by atoms with van der Waals surface area (Å²) >= 11 is 12.2. The number of nitro groups is 1. The molecule has 10 nitrogen and oxygen atoms in total. The Morgan fingerprint density at radius 3 is 2.37 bits per heavy atom. The molecule has 1 aliphatic rings. The van der Waals surface area contributed by atoms with E-state index < -0.39 is 43.2 Å². The number of rotatable bonds is 6.